The second-order valence-electron chi connectivity index (χ2n) is 5.78. The summed E-state index contributed by atoms with van der Waals surface area (Å²) >= 11 is 0. The smallest absolute Gasteiger partial charge is 0.129 e. The lowest BCUT2D eigenvalue weighted by atomic mass is 9.74. The normalized spacial score (nSPS) is 34.1. The molecule has 2 heterocycles. The van der Waals surface area contributed by atoms with Gasteiger partial charge < -0.3 is 15.2 Å². The van der Waals surface area contributed by atoms with Crippen molar-refractivity contribution in [3.8, 4) is 5.75 Å². The third-order valence-corrected chi connectivity index (χ3v) is 4.42. The van der Waals surface area contributed by atoms with Gasteiger partial charge in [0, 0.05) is 17.6 Å². The zero-order valence-electron chi connectivity index (χ0n) is 11.2. The Labute approximate surface area is 112 Å². The summed E-state index contributed by atoms with van der Waals surface area (Å²) in [7, 11) is 1.55. The van der Waals surface area contributed by atoms with Crippen LogP contribution < -0.4 is 10.1 Å². The molecule has 0 saturated carbocycles. The zero-order chi connectivity index (χ0) is 13.5. The molecule has 0 amide bonds. The number of hydrogen-bond donors (Lipinski definition) is 2. The first-order valence-corrected chi connectivity index (χ1v) is 6.93. The number of halogens is 1. The number of nitrogens with one attached hydrogen (secondary N) is 1. The van der Waals surface area contributed by atoms with E-state index in [0.29, 0.717) is 36.2 Å². The van der Waals surface area contributed by atoms with Crippen LogP contribution in [0.1, 0.15) is 37.7 Å². The van der Waals surface area contributed by atoms with Crippen LogP contribution >= 0.6 is 0 Å². The van der Waals surface area contributed by atoms with Gasteiger partial charge in [-0.25, -0.2) is 4.39 Å². The van der Waals surface area contributed by atoms with E-state index < -0.39 is 5.60 Å². The quantitative estimate of drug-likeness (QED) is 0.862. The van der Waals surface area contributed by atoms with Gasteiger partial charge in [0.15, 0.2) is 0 Å². The molecule has 3 rings (SSSR count). The molecule has 0 spiro atoms. The summed E-state index contributed by atoms with van der Waals surface area (Å²) in [6.45, 7) is 0. The van der Waals surface area contributed by atoms with Crippen LogP contribution in [-0.4, -0.2) is 24.3 Å². The van der Waals surface area contributed by atoms with E-state index in [9.17, 15) is 9.50 Å². The molecule has 1 aromatic carbocycles. The van der Waals surface area contributed by atoms with Crippen LogP contribution in [0.3, 0.4) is 0 Å². The predicted molar refractivity (Wildman–Crippen MR) is 70.6 cm³/mol. The Balaban J connectivity index is 1.95. The molecule has 2 bridgehead atoms. The Hall–Kier alpha value is -1.13. The minimum atomic E-state index is -1.07. The van der Waals surface area contributed by atoms with Crippen LogP contribution in [0.25, 0.3) is 0 Å². The van der Waals surface area contributed by atoms with E-state index >= 15 is 0 Å². The van der Waals surface area contributed by atoms with Crippen molar-refractivity contribution < 1.29 is 14.2 Å². The van der Waals surface area contributed by atoms with E-state index in [-0.39, 0.29) is 5.82 Å². The fourth-order valence-electron chi connectivity index (χ4n) is 3.54. The van der Waals surface area contributed by atoms with Gasteiger partial charge in [0.25, 0.3) is 0 Å². The summed E-state index contributed by atoms with van der Waals surface area (Å²) in [4.78, 5) is 0. The van der Waals surface area contributed by atoms with E-state index in [1.165, 1.54) is 12.5 Å². The van der Waals surface area contributed by atoms with E-state index in [2.05, 4.69) is 5.32 Å². The summed E-state index contributed by atoms with van der Waals surface area (Å²) in [5.41, 5.74) is -0.690. The average Bonchev–Trinajstić information content (AvgIpc) is 2.38. The number of aliphatic hydroxyl groups is 1. The Bertz CT molecular complexity index is 465. The number of fused-ring (bicyclic) bond motifs is 2. The number of rotatable bonds is 2. The van der Waals surface area contributed by atoms with Crippen molar-refractivity contribution in [3.05, 3.63) is 29.6 Å². The lowest BCUT2D eigenvalue weighted by Gasteiger charge is -2.45. The second-order valence-corrected chi connectivity index (χ2v) is 5.78. The zero-order valence-corrected chi connectivity index (χ0v) is 11.2. The third kappa shape index (κ3) is 2.35. The van der Waals surface area contributed by atoms with E-state index in [1.54, 1.807) is 19.2 Å². The second kappa shape index (κ2) is 4.76. The van der Waals surface area contributed by atoms with Crippen molar-refractivity contribution in [1.82, 2.24) is 5.32 Å². The van der Waals surface area contributed by atoms with E-state index in [1.807, 2.05) is 0 Å². The Kier molecular flexibility index (Phi) is 3.23. The van der Waals surface area contributed by atoms with Crippen LogP contribution in [0.4, 0.5) is 4.39 Å². The van der Waals surface area contributed by atoms with E-state index in [4.69, 9.17) is 4.74 Å². The Morgan fingerprint density at radius 1 is 1.32 bits per heavy atom. The summed E-state index contributed by atoms with van der Waals surface area (Å²) in [6.07, 6.45) is 4.47. The van der Waals surface area contributed by atoms with Gasteiger partial charge in [-0.3, -0.25) is 0 Å². The molecule has 19 heavy (non-hydrogen) atoms. The topological polar surface area (TPSA) is 41.5 Å². The fourth-order valence-corrected chi connectivity index (χ4v) is 3.54. The van der Waals surface area contributed by atoms with Crippen molar-refractivity contribution in [3.63, 3.8) is 0 Å². The van der Waals surface area contributed by atoms with Gasteiger partial charge in [-0.05, 0) is 43.9 Å². The highest BCUT2D eigenvalue weighted by Crippen LogP contribution is 2.41. The molecule has 0 aliphatic carbocycles. The molecular formula is C15H20FNO2. The molecule has 2 aliphatic heterocycles. The molecular weight excluding hydrogens is 245 g/mol. The number of hydrogen-bond acceptors (Lipinski definition) is 3. The highest BCUT2D eigenvalue weighted by Gasteiger charge is 2.43. The molecule has 0 radical (unpaired) electrons. The molecule has 2 saturated heterocycles. The van der Waals surface area contributed by atoms with Crippen LogP contribution in [0, 0.1) is 5.82 Å². The molecule has 104 valence electrons. The molecule has 4 heteroatoms. The predicted octanol–water partition coefficient (Wildman–Crippen LogP) is 2.33. The number of methoxy groups -OCH3 is 1. The maximum atomic E-state index is 14.1. The Morgan fingerprint density at radius 2 is 2.00 bits per heavy atom. The minimum absolute atomic E-state index is 0.295. The number of ether oxygens (including phenoxy) is 1. The molecule has 3 nitrogen and oxygen atoms in total. The Morgan fingerprint density at radius 3 is 2.63 bits per heavy atom. The summed E-state index contributed by atoms with van der Waals surface area (Å²) in [5.74, 6) is 0.247. The van der Waals surface area contributed by atoms with Crippen molar-refractivity contribution in [2.45, 2.75) is 49.8 Å². The number of piperidine rings is 2. The molecule has 1 aromatic rings. The molecule has 2 atom stereocenters. The van der Waals surface area contributed by atoms with Gasteiger partial charge in [-0.15, -0.1) is 0 Å². The van der Waals surface area contributed by atoms with Gasteiger partial charge >= 0.3 is 0 Å². The summed E-state index contributed by atoms with van der Waals surface area (Å²) in [6, 6.07) is 5.19. The van der Waals surface area contributed by atoms with Crippen molar-refractivity contribution in [2.75, 3.05) is 7.11 Å². The first kappa shape index (κ1) is 12.9. The van der Waals surface area contributed by atoms with Crippen molar-refractivity contribution in [2.24, 2.45) is 0 Å². The molecule has 2 N–H and O–H groups in total. The van der Waals surface area contributed by atoms with Crippen molar-refractivity contribution >= 4 is 0 Å². The fraction of sp³-hybridized carbons (Fsp3) is 0.600. The van der Waals surface area contributed by atoms with Crippen LogP contribution in [0.15, 0.2) is 18.2 Å². The largest absolute Gasteiger partial charge is 0.497 e. The molecule has 2 fully saturated rings. The van der Waals surface area contributed by atoms with Crippen LogP contribution in [-0.2, 0) is 5.60 Å². The van der Waals surface area contributed by atoms with Gasteiger partial charge in [0.2, 0.25) is 0 Å². The van der Waals surface area contributed by atoms with E-state index in [0.717, 1.165) is 12.8 Å². The summed E-state index contributed by atoms with van der Waals surface area (Å²) < 4.78 is 19.2. The van der Waals surface area contributed by atoms with Gasteiger partial charge in [0.1, 0.15) is 11.6 Å². The average molecular weight is 265 g/mol. The lowest BCUT2D eigenvalue weighted by Crippen LogP contribution is -2.54. The molecule has 2 aliphatic rings. The molecule has 0 aromatic heterocycles. The molecule has 2 unspecified atom stereocenters. The number of benzene rings is 1. The SMILES string of the molecule is COc1ccc(F)c(C2(O)CC3CCCC(C2)N3)c1. The van der Waals surface area contributed by atoms with Gasteiger partial charge in [-0.2, -0.15) is 0 Å². The maximum absolute atomic E-state index is 14.1. The van der Waals surface area contributed by atoms with Gasteiger partial charge in [0.05, 0.1) is 12.7 Å². The monoisotopic (exact) mass is 265 g/mol. The maximum Gasteiger partial charge on any atom is 0.129 e. The lowest BCUT2D eigenvalue weighted by molar-refractivity contribution is -0.0385. The van der Waals surface area contributed by atoms with Crippen molar-refractivity contribution in [1.29, 1.82) is 0 Å². The first-order chi connectivity index (χ1) is 9.10. The van der Waals surface area contributed by atoms with Crippen LogP contribution in [0.5, 0.6) is 5.75 Å². The standard InChI is InChI=1S/C15H20FNO2/c1-19-12-5-6-14(16)13(7-12)15(18)8-10-3-2-4-11(9-15)17-10/h5-7,10-11,17-18H,2-4,8-9H2,1H3. The first-order valence-electron chi connectivity index (χ1n) is 6.93. The highest BCUT2D eigenvalue weighted by atomic mass is 19.1. The minimum Gasteiger partial charge on any atom is -0.497 e. The van der Waals surface area contributed by atoms with Crippen LogP contribution in [0.2, 0.25) is 0 Å². The van der Waals surface area contributed by atoms with Gasteiger partial charge in [-0.1, -0.05) is 6.42 Å². The third-order valence-electron chi connectivity index (χ3n) is 4.42. The highest BCUT2D eigenvalue weighted by molar-refractivity contribution is 5.34. The summed E-state index contributed by atoms with van der Waals surface area (Å²) in [5, 5.41) is 14.4.